The van der Waals surface area contributed by atoms with Crippen molar-refractivity contribution in [2.24, 2.45) is 0 Å². The Morgan fingerprint density at radius 2 is 2.19 bits per heavy atom. The third-order valence-corrected chi connectivity index (χ3v) is 3.15. The Morgan fingerprint density at radius 3 is 2.94 bits per heavy atom. The van der Waals surface area contributed by atoms with Crippen molar-refractivity contribution in [1.82, 2.24) is 15.0 Å². The van der Waals surface area contributed by atoms with Gasteiger partial charge in [0.25, 0.3) is 0 Å². The van der Waals surface area contributed by atoms with Crippen LogP contribution in [0.25, 0.3) is 0 Å². The minimum Gasteiger partial charge on any atom is -0.384 e. The van der Waals surface area contributed by atoms with E-state index in [0.717, 1.165) is 10.7 Å². The summed E-state index contributed by atoms with van der Waals surface area (Å²) in [6.07, 6.45) is 3.21. The molecule has 6 heteroatoms. The average Bonchev–Trinajstić information content (AvgIpc) is 2.32. The summed E-state index contributed by atoms with van der Waals surface area (Å²) in [7, 11) is 0. The molecule has 0 bridgehead atoms. The van der Waals surface area contributed by atoms with Gasteiger partial charge in [-0.2, -0.15) is 0 Å². The van der Waals surface area contributed by atoms with Crippen molar-refractivity contribution in [2.75, 3.05) is 5.73 Å². The van der Waals surface area contributed by atoms with Gasteiger partial charge in [-0.1, -0.05) is 23.4 Å². The molecule has 0 saturated heterocycles. The van der Waals surface area contributed by atoms with E-state index in [1.54, 1.807) is 30.1 Å². The van der Waals surface area contributed by atoms with Gasteiger partial charge in [0.2, 0.25) is 0 Å². The van der Waals surface area contributed by atoms with Crippen molar-refractivity contribution >= 4 is 29.2 Å². The van der Waals surface area contributed by atoms with Crippen LogP contribution in [0.4, 0.5) is 5.82 Å². The standard InChI is InChI=1S/C10H9ClN4S/c11-7-1-2-9(12)15-8(7)5-16-10-3-4-13-6-14-10/h1-4,6H,5H2,(H2,12,15). The van der Waals surface area contributed by atoms with E-state index < -0.39 is 0 Å². The molecule has 2 aromatic heterocycles. The number of pyridine rings is 1. The molecule has 0 unspecified atom stereocenters. The molecule has 2 heterocycles. The molecule has 4 nitrogen and oxygen atoms in total. The number of anilines is 1. The number of hydrogen-bond donors (Lipinski definition) is 1. The van der Waals surface area contributed by atoms with Crippen LogP contribution in [0.2, 0.25) is 5.02 Å². The lowest BCUT2D eigenvalue weighted by molar-refractivity contribution is 1.04. The van der Waals surface area contributed by atoms with Crippen molar-refractivity contribution < 1.29 is 0 Å². The van der Waals surface area contributed by atoms with Crippen LogP contribution in [0, 0.1) is 0 Å². The first-order valence-electron chi connectivity index (χ1n) is 4.55. The third kappa shape index (κ3) is 2.84. The van der Waals surface area contributed by atoms with Crippen LogP contribution >= 0.6 is 23.4 Å². The first kappa shape index (κ1) is 11.2. The van der Waals surface area contributed by atoms with Gasteiger partial charge in [-0.15, -0.1) is 0 Å². The second kappa shape index (κ2) is 5.14. The summed E-state index contributed by atoms with van der Waals surface area (Å²) in [5.41, 5.74) is 6.36. The molecule has 0 aromatic carbocycles. The smallest absolute Gasteiger partial charge is 0.123 e. The van der Waals surface area contributed by atoms with E-state index in [1.165, 1.54) is 6.33 Å². The molecule has 0 aliphatic carbocycles. The van der Waals surface area contributed by atoms with Gasteiger partial charge in [-0.25, -0.2) is 15.0 Å². The maximum Gasteiger partial charge on any atom is 0.123 e. The van der Waals surface area contributed by atoms with Gasteiger partial charge in [0.05, 0.1) is 15.7 Å². The van der Waals surface area contributed by atoms with Crippen LogP contribution in [0.1, 0.15) is 5.69 Å². The molecule has 0 atom stereocenters. The van der Waals surface area contributed by atoms with Gasteiger partial charge in [0, 0.05) is 11.9 Å². The zero-order valence-corrected chi connectivity index (χ0v) is 9.87. The van der Waals surface area contributed by atoms with Crippen molar-refractivity contribution in [1.29, 1.82) is 0 Å². The quantitative estimate of drug-likeness (QED) is 0.671. The van der Waals surface area contributed by atoms with Gasteiger partial charge >= 0.3 is 0 Å². The van der Waals surface area contributed by atoms with Crippen LogP contribution < -0.4 is 5.73 Å². The predicted molar refractivity (Wildman–Crippen MR) is 65.3 cm³/mol. The number of thioether (sulfide) groups is 1. The molecular weight excluding hydrogens is 244 g/mol. The molecule has 0 aliphatic rings. The van der Waals surface area contributed by atoms with Gasteiger partial charge in [0.15, 0.2) is 0 Å². The Labute approximate surface area is 102 Å². The zero-order valence-electron chi connectivity index (χ0n) is 8.30. The zero-order chi connectivity index (χ0) is 11.4. The number of aromatic nitrogens is 3. The Morgan fingerprint density at radius 1 is 1.31 bits per heavy atom. The molecule has 0 spiro atoms. The van der Waals surface area contributed by atoms with Gasteiger partial charge < -0.3 is 5.73 Å². The molecular formula is C10H9ClN4S. The van der Waals surface area contributed by atoms with E-state index in [-0.39, 0.29) is 0 Å². The topological polar surface area (TPSA) is 64.7 Å². The number of nitrogen functional groups attached to an aromatic ring is 1. The highest BCUT2D eigenvalue weighted by atomic mass is 35.5. The molecule has 0 fully saturated rings. The number of hydrogen-bond acceptors (Lipinski definition) is 5. The molecule has 2 N–H and O–H groups in total. The fraction of sp³-hybridized carbons (Fsp3) is 0.100. The predicted octanol–water partition coefficient (Wildman–Crippen LogP) is 2.40. The van der Waals surface area contributed by atoms with E-state index in [9.17, 15) is 0 Å². The fourth-order valence-electron chi connectivity index (χ4n) is 1.11. The normalized spacial score (nSPS) is 10.3. The van der Waals surface area contributed by atoms with E-state index in [1.807, 2.05) is 6.07 Å². The van der Waals surface area contributed by atoms with E-state index >= 15 is 0 Å². The Bertz CT molecular complexity index is 478. The third-order valence-electron chi connectivity index (χ3n) is 1.85. The number of nitrogens with zero attached hydrogens (tertiary/aromatic N) is 3. The lowest BCUT2D eigenvalue weighted by Gasteiger charge is -2.03. The molecule has 0 radical (unpaired) electrons. The van der Waals surface area contributed by atoms with Crippen molar-refractivity contribution in [3.63, 3.8) is 0 Å². The van der Waals surface area contributed by atoms with Crippen LogP contribution in [-0.2, 0) is 5.75 Å². The van der Waals surface area contributed by atoms with Crippen LogP contribution in [-0.4, -0.2) is 15.0 Å². The lowest BCUT2D eigenvalue weighted by atomic mass is 10.4. The minimum absolute atomic E-state index is 0.475. The van der Waals surface area contributed by atoms with Crippen LogP contribution in [0.15, 0.2) is 35.7 Å². The van der Waals surface area contributed by atoms with Gasteiger partial charge in [-0.05, 0) is 18.2 Å². The highest BCUT2D eigenvalue weighted by molar-refractivity contribution is 7.98. The van der Waals surface area contributed by atoms with Crippen molar-refractivity contribution in [2.45, 2.75) is 10.8 Å². The molecule has 16 heavy (non-hydrogen) atoms. The summed E-state index contributed by atoms with van der Waals surface area (Å²) in [5.74, 6) is 1.11. The summed E-state index contributed by atoms with van der Waals surface area (Å²) in [4.78, 5) is 12.1. The first-order valence-corrected chi connectivity index (χ1v) is 5.92. The number of halogens is 1. The molecule has 2 rings (SSSR count). The highest BCUT2D eigenvalue weighted by Gasteiger charge is 2.04. The average molecular weight is 253 g/mol. The summed E-state index contributed by atoms with van der Waals surface area (Å²) >= 11 is 7.54. The van der Waals surface area contributed by atoms with Gasteiger partial charge in [0.1, 0.15) is 12.1 Å². The molecule has 0 aliphatic heterocycles. The van der Waals surface area contributed by atoms with E-state index in [2.05, 4.69) is 15.0 Å². The monoisotopic (exact) mass is 252 g/mol. The maximum atomic E-state index is 6.00. The summed E-state index contributed by atoms with van der Waals surface area (Å²) in [6.45, 7) is 0. The Balaban J connectivity index is 2.08. The minimum atomic E-state index is 0.475. The van der Waals surface area contributed by atoms with Crippen molar-refractivity contribution in [3.8, 4) is 0 Å². The highest BCUT2D eigenvalue weighted by Crippen LogP contribution is 2.24. The van der Waals surface area contributed by atoms with E-state index in [4.69, 9.17) is 17.3 Å². The van der Waals surface area contributed by atoms with Crippen molar-refractivity contribution in [3.05, 3.63) is 41.4 Å². The Hall–Kier alpha value is -1.33. The largest absolute Gasteiger partial charge is 0.384 e. The molecule has 0 amide bonds. The lowest BCUT2D eigenvalue weighted by Crippen LogP contribution is -1.95. The van der Waals surface area contributed by atoms with E-state index in [0.29, 0.717) is 16.6 Å². The molecule has 0 saturated carbocycles. The Kier molecular flexibility index (Phi) is 3.58. The number of nitrogens with two attached hydrogens (primary N) is 1. The summed E-state index contributed by atoms with van der Waals surface area (Å²) in [6, 6.07) is 5.27. The summed E-state index contributed by atoms with van der Waals surface area (Å²) in [5, 5.41) is 1.51. The second-order valence-corrected chi connectivity index (χ2v) is 4.40. The second-order valence-electron chi connectivity index (χ2n) is 3.00. The molecule has 2 aromatic rings. The SMILES string of the molecule is Nc1ccc(Cl)c(CSc2ccncn2)n1. The maximum absolute atomic E-state index is 6.00. The fourth-order valence-corrected chi connectivity index (χ4v) is 2.14. The first-order chi connectivity index (χ1) is 7.75. The summed E-state index contributed by atoms with van der Waals surface area (Å²) < 4.78 is 0. The number of rotatable bonds is 3. The van der Waals surface area contributed by atoms with Crippen LogP contribution in [0.3, 0.4) is 0 Å². The van der Waals surface area contributed by atoms with Gasteiger partial charge in [-0.3, -0.25) is 0 Å². The van der Waals surface area contributed by atoms with Crippen LogP contribution in [0.5, 0.6) is 0 Å². The molecule has 82 valence electrons.